The van der Waals surface area contributed by atoms with E-state index in [1.807, 2.05) is 0 Å². The molecule has 1 unspecified atom stereocenters. The molecule has 0 fully saturated rings. The maximum absolute atomic E-state index is 12.4. The molecule has 0 radical (unpaired) electrons. The predicted molar refractivity (Wildman–Crippen MR) is 86.1 cm³/mol. The Morgan fingerprint density at radius 3 is 2.31 bits per heavy atom. The molecule has 1 atom stereocenters. The zero-order chi connectivity index (χ0) is 20.3. The minimum absolute atomic E-state index is 0.232. The second-order valence-corrected chi connectivity index (χ2v) is 7.82. The van der Waals surface area contributed by atoms with Crippen molar-refractivity contribution >= 4 is 21.9 Å². The van der Waals surface area contributed by atoms with Crippen LogP contribution in [0.4, 0.5) is 13.2 Å². The summed E-state index contributed by atoms with van der Waals surface area (Å²) in [7, 11) is -2.57. The van der Waals surface area contributed by atoms with Crippen LogP contribution in [-0.2, 0) is 14.8 Å². The third-order valence-corrected chi connectivity index (χ3v) is 5.57. The first-order valence-corrected chi connectivity index (χ1v) is 8.88. The Morgan fingerprint density at radius 2 is 1.85 bits per heavy atom. The highest BCUT2D eigenvalue weighted by Gasteiger charge is 2.36. The molecule has 1 rings (SSSR count). The van der Waals surface area contributed by atoms with Crippen molar-refractivity contribution in [2.45, 2.75) is 43.4 Å². The van der Waals surface area contributed by atoms with Gasteiger partial charge in [0.05, 0.1) is 11.3 Å². The Bertz CT molecular complexity index is 778. The van der Waals surface area contributed by atoms with Crippen LogP contribution >= 0.6 is 0 Å². The molecular formula is C15H19F3N2O5S. The number of carboxylic acid groups (broad SMARTS) is 1. The maximum Gasteiger partial charge on any atom is 0.391 e. The van der Waals surface area contributed by atoms with Crippen LogP contribution in [-0.4, -0.2) is 55.0 Å². The molecule has 0 spiro atoms. The van der Waals surface area contributed by atoms with E-state index in [-0.39, 0.29) is 16.5 Å². The standard InChI is InChI=1S/C15H19F3N2O5S/c1-9(2)20(3)26(24,25)11-6-4-5-10(7-11)13(21)19-12(14(22)23)8-15(16,17)18/h4-7,9,12H,8H2,1-3H3,(H,19,21)(H,22,23). The Hall–Kier alpha value is -2.14. The monoisotopic (exact) mass is 396 g/mol. The van der Waals surface area contributed by atoms with Gasteiger partial charge in [-0.3, -0.25) is 4.79 Å². The third-order valence-electron chi connectivity index (χ3n) is 3.54. The number of carboxylic acids is 1. The van der Waals surface area contributed by atoms with Gasteiger partial charge in [-0.2, -0.15) is 17.5 Å². The molecule has 146 valence electrons. The zero-order valence-corrected chi connectivity index (χ0v) is 15.1. The van der Waals surface area contributed by atoms with Gasteiger partial charge in [0.1, 0.15) is 6.04 Å². The Labute approximate surface area is 148 Å². The van der Waals surface area contributed by atoms with Crippen LogP contribution < -0.4 is 5.32 Å². The molecule has 0 aliphatic carbocycles. The first kappa shape index (κ1) is 21.9. The van der Waals surface area contributed by atoms with Crippen LogP contribution in [0.3, 0.4) is 0 Å². The van der Waals surface area contributed by atoms with Gasteiger partial charge < -0.3 is 10.4 Å². The van der Waals surface area contributed by atoms with E-state index in [1.165, 1.54) is 25.2 Å². The average Bonchev–Trinajstić information content (AvgIpc) is 2.52. The number of rotatable bonds is 7. The number of benzene rings is 1. The second-order valence-electron chi connectivity index (χ2n) is 5.83. The number of hydrogen-bond acceptors (Lipinski definition) is 4. The van der Waals surface area contributed by atoms with Gasteiger partial charge in [0.15, 0.2) is 0 Å². The van der Waals surface area contributed by atoms with Crippen molar-refractivity contribution in [2.75, 3.05) is 7.05 Å². The van der Waals surface area contributed by atoms with Gasteiger partial charge in [0, 0.05) is 18.7 Å². The number of sulfonamides is 1. The van der Waals surface area contributed by atoms with Gasteiger partial charge in [-0.1, -0.05) is 6.07 Å². The number of aliphatic carboxylic acids is 1. The minimum atomic E-state index is -4.79. The lowest BCUT2D eigenvalue weighted by molar-refractivity contribution is -0.157. The number of carbonyl (C=O) groups is 2. The summed E-state index contributed by atoms with van der Waals surface area (Å²) in [6.45, 7) is 3.28. The molecular weight excluding hydrogens is 377 g/mol. The third kappa shape index (κ3) is 5.70. The summed E-state index contributed by atoms with van der Waals surface area (Å²) in [5.74, 6) is -2.97. The summed E-state index contributed by atoms with van der Waals surface area (Å²) < 4.78 is 63.1. The Morgan fingerprint density at radius 1 is 1.27 bits per heavy atom. The predicted octanol–water partition coefficient (Wildman–Crippen LogP) is 1.85. The molecule has 0 saturated heterocycles. The quantitative estimate of drug-likeness (QED) is 0.732. The van der Waals surface area contributed by atoms with E-state index in [2.05, 4.69) is 0 Å². The molecule has 7 nitrogen and oxygen atoms in total. The summed E-state index contributed by atoms with van der Waals surface area (Å²) in [5.41, 5.74) is -0.267. The van der Waals surface area contributed by atoms with Crippen molar-refractivity contribution in [1.29, 1.82) is 0 Å². The van der Waals surface area contributed by atoms with Crippen molar-refractivity contribution in [3.8, 4) is 0 Å². The van der Waals surface area contributed by atoms with Gasteiger partial charge in [-0.05, 0) is 32.0 Å². The largest absolute Gasteiger partial charge is 0.480 e. The highest BCUT2D eigenvalue weighted by atomic mass is 32.2. The van der Waals surface area contributed by atoms with Crippen molar-refractivity contribution in [3.05, 3.63) is 29.8 Å². The summed E-state index contributed by atoms with van der Waals surface area (Å²) in [4.78, 5) is 22.8. The van der Waals surface area contributed by atoms with Crippen LogP contribution in [0.1, 0.15) is 30.6 Å². The number of halogens is 3. The normalized spacial score (nSPS) is 13.7. The SMILES string of the molecule is CC(C)N(C)S(=O)(=O)c1cccc(C(=O)NC(CC(F)(F)F)C(=O)O)c1. The van der Waals surface area contributed by atoms with E-state index < -0.39 is 40.5 Å². The van der Waals surface area contributed by atoms with Crippen LogP contribution in [0.2, 0.25) is 0 Å². The first-order valence-electron chi connectivity index (χ1n) is 7.44. The zero-order valence-electron chi connectivity index (χ0n) is 14.2. The lowest BCUT2D eigenvalue weighted by Crippen LogP contribution is -2.43. The van der Waals surface area contributed by atoms with Crippen LogP contribution in [0.5, 0.6) is 0 Å². The molecule has 0 heterocycles. The number of carbonyl (C=O) groups excluding carboxylic acids is 1. The molecule has 1 aromatic carbocycles. The van der Waals surface area contributed by atoms with E-state index in [1.54, 1.807) is 19.2 Å². The molecule has 26 heavy (non-hydrogen) atoms. The van der Waals surface area contributed by atoms with E-state index in [0.29, 0.717) is 0 Å². The van der Waals surface area contributed by atoms with Gasteiger partial charge in [-0.25, -0.2) is 13.2 Å². The number of amides is 1. The summed E-state index contributed by atoms with van der Waals surface area (Å²) in [5, 5.41) is 10.6. The Balaban J connectivity index is 3.10. The number of nitrogens with one attached hydrogen (secondary N) is 1. The Kier molecular flexibility index (Phi) is 6.77. The van der Waals surface area contributed by atoms with E-state index in [0.717, 1.165) is 10.4 Å². The highest BCUT2D eigenvalue weighted by Crippen LogP contribution is 2.22. The molecule has 1 aromatic rings. The van der Waals surface area contributed by atoms with Crippen molar-refractivity contribution < 1.29 is 36.3 Å². The highest BCUT2D eigenvalue weighted by molar-refractivity contribution is 7.89. The van der Waals surface area contributed by atoms with E-state index in [9.17, 15) is 31.2 Å². The van der Waals surface area contributed by atoms with Gasteiger partial charge in [-0.15, -0.1) is 0 Å². The fraction of sp³-hybridized carbons (Fsp3) is 0.467. The minimum Gasteiger partial charge on any atom is -0.480 e. The lowest BCUT2D eigenvalue weighted by atomic mass is 10.1. The fourth-order valence-electron chi connectivity index (χ4n) is 1.91. The van der Waals surface area contributed by atoms with E-state index in [4.69, 9.17) is 5.11 Å². The van der Waals surface area contributed by atoms with Gasteiger partial charge >= 0.3 is 12.1 Å². The molecule has 0 aromatic heterocycles. The molecule has 1 amide bonds. The molecule has 0 saturated carbocycles. The summed E-state index contributed by atoms with van der Waals surface area (Å²) in [6, 6.07) is 2.10. The molecule has 11 heteroatoms. The molecule has 2 N–H and O–H groups in total. The van der Waals surface area contributed by atoms with Crippen molar-refractivity contribution in [2.24, 2.45) is 0 Å². The molecule has 0 aliphatic rings. The maximum atomic E-state index is 12.4. The number of alkyl halides is 3. The summed E-state index contributed by atoms with van der Waals surface area (Å²) >= 11 is 0. The van der Waals surface area contributed by atoms with Crippen LogP contribution in [0, 0.1) is 0 Å². The van der Waals surface area contributed by atoms with Crippen molar-refractivity contribution in [3.63, 3.8) is 0 Å². The fourth-order valence-corrected chi connectivity index (χ4v) is 3.33. The van der Waals surface area contributed by atoms with Gasteiger partial charge in [0.25, 0.3) is 5.91 Å². The van der Waals surface area contributed by atoms with Crippen LogP contribution in [0.15, 0.2) is 29.2 Å². The van der Waals surface area contributed by atoms with E-state index >= 15 is 0 Å². The smallest absolute Gasteiger partial charge is 0.391 e. The first-order chi connectivity index (χ1) is 11.8. The lowest BCUT2D eigenvalue weighted by Gasteiger charge is -2.21. The second kappa shape index (κ2) is 8.04. The average molecular weight is 396 g/mol. The summed E-state index contributed by atoms with van der Waals surface area (Å²) in [6.07, 6.45) is -6.54. The van der Waals surface area contributed by atoms with Crippen molar-refractivity contribution in [1.82, 2.24) is 9.62 Å². The van der Waals surface area contributed by atoms with Crippen LogP contribution in [0.25, 0.3) is 0 Å². The topological polar surface area (TPSA) is 104 Å². The van der Waals surface area contributed by atoms with Gasteiger partial charge in [0.2, 0.25) is 10.0 Å². The molecule has 0 bridgehead atoms. The number of nitrogens with zero attached hydrogens (tertiary/aromatic N) is 1. The number of hydrogen-bond donors (Lipinski definition) is 2. The molecule has 0 aliphatic heterocycles.